The summed E-state index contributed by atoms with van der Waals surface area (Å²) in [6.07, 6.45) is 0. The lowest BCUT2D eigenvalue weighted by atomic mass is 10.2. The molecule has 0 radical (unpaired) electrons. The molecular formula is C12H11N3O2S2. The number of benzene rings is 1. The summed E-state index contributed by atoms with van der Waals surface area (Å²) in [5.74, 6) is 0. The number of anilines is 1. The molecule has 0 spiro atoms. The van der Waals surface area contributed by atoms with Crippen molar-refractivity contribution >= 4 is 27.0 Å². The van der Waals surface area contributed by atoms with Crippen molar-refractivity contribution in [2.45, 2.75) is 10.8 Å². The predicted octanol–water partition coefficient (Wildman–Crippen LogP) is 1.68. The fourth-order valence-electron chi connectivity index (χ4n) is 1.46. The van der Waals surface area contributed by atoms with Gasteiger partial charge in [-0.1, -0.05) is 18.2 Å². The van der Waals surface area contributed by atoms with Crippen LogP contribution in [0.3, 0.4) is 0 Å². The molecular weight excluding hydrogens is 282 g/mol. The van der Waals surface area contributed by atoms with E-state index >= 15 is 0 Å². The monoisotopic (exact) mass is 293 g/mol. The maximum Gasteiger partial charge on any atom is 0.250 e. The van der Waals surface area contributed by atoms with Crippen molar-refractivity contribution in [1.29, 1.82) is 5.26 Å². The van der Waals surface area contributed by atoms with Crippen LogP contribution in [0.2, 0.25) is 0 Å². The summed E-state index contributed by atoms with van der Waals surface area (Å²) in [6, 6.07) is 11.8. The zero-order valence-electron chi connectivity index (χ0n) is 9.83. The van der Waals surface area contributed by atoms with Gasteiger partial charge in [-0.25, -0.2) is 13.1 Å². The molecule has 19 heavy (non-hydrogen) atoms. The quantitative estimate of drug-likeness (QED) is 0.838. The maximum atomic E-state index is 12.0. The van der Waals surface area contributed by atoms with Crippen LogP contribution in [0.15, 0.2) is 40.6 Å². The van der Waals surface area contributed by atoms with E-state index in [2.05, 4.69) is 4.72 Å². The zero-order valence-corrected chi connectivity index (χ0v) is 11.5. The van der Waals surface area contributed by atoms with Crippen molar-refractivity contribution in [3.05, 3.63) is 46.8 Å². The van der Waals surface area contributed by atoms with Crippen LogP contribution >= 0.6 is 11.3 Å². The first kappa shape index (κ1) is 13.5. The van der Waals surface area contributed by atoms with Gasteiger partial charge in [0.05, 0.1) is 0 Å². The third-order valence-electron chi connectivity index (χ3n) is 2.46. The topological polar surface area (TPSA) is 96.0 Å². The maximum absolute atomic E-state index is 12.0. The lowest BCUT2D eigenvalue weighted by Crippen LogP contribution is -2.22. The normalized spacial score (nSPS) is 11.1. The summed E-state index contributed by atoms with van der Waals surface area (Å²) in [6.45, 7) is 0.120. The van der Waals surface area contributed by atoms with Gasteiger partial charge in [0.15, 0.2) is 0 Å². The van der Waals surface area contributed by atoms with Gasteiger partial charge >= 0.3 is 0 Å². The van der Waals surface area contributed by atoms with Gasteiger partial charge in [0, 0.05) is 12.2 Å². The number of para-hydroxylation sites is 1. The summed E-state index contributed by atoms with van der Waals surface area (Å²) < 4.78 is 26.6. The van der Waals surface area contributed by atoms with Gasteiger partial charge in [0.2, 0.25) is 10.0 Å². The predicted molar refractivity (Wildman–Crippen MR) is 73.9 cm³/mol. The van der Waals surface area contributed by atoms with Gasteiger partial charge < -0.3 is 5.73 Å². The van der Waals surface area contributed by atoms with Crippen LogP contribution in [0.1, 0.15) is 10.4 Å². The standard InChI is InChI=1S/C12H11N3O2S2/c13-7-10-5-6-12(18-10)19(16,17)15-8-9-3-1-2-4-11(9)14/h1-6,15H,8,14H2. The van der Waals surface area contributed by atoms with E-state index in [1.54, 1.807) is 24.3 Å². The zero-order chi connectivity index (χ0) is 13.9. The van der Waals surface area contributed by atoms with E-state index in [1.165, 1.54) is 12.1 Å². The fourth-order valence-corrected chi connectivity index (χ4v) is 3.62. The highest BCUT2D eigenvalue weighted by Crippen LogP contribution is 2.21. The molecule has 5 nitrogen and oxygen atoms in total. The molecule has 0 saturated carbocycles. The van der Waals surface area contributed by atoms with Gasteiger partial charge in [-0.2, -0.15) is 5.26 Å². The highest BCUT2D eigenvalue weighted by atomic mass is 32.2. The van der Waals surface area contributed by atoms with Crippen LogP contribution in [-0.2, 0) is 16.6 Å². The molecule has 0 aliphatic carbocycles. The van der Waals surface area contributed by atoms with Crippen LogP contribution in [0.25, 0.3) is 0 Å². The molecule has 3 N–H and O–H groups in total. The highest BCUT2D eigenvalue weighted by molar-refractivity contribution is 7.91. The first-order chi connectivity index (χ1) is 9.03. The molecule has 0 saturated heterocycles. The molecule has 1 heterocycles. The Bertz CT molecular complexity index is 729. The molecule has 7 heteroatoms. The van der Waals surface area contributed by atoms with E-state index in [9.17, 15) is 8.42 Å². The van der Waals surface area contributed by atoms with Crippen LogP contribution in [0.5, 0.6) is 0 Å². The van der Waals surface area contributed by atoms with Crippen LogP contribution in [0, 0.1) is 11.3 Å². The second-order valence-corrected chi connectivity index (χ2v) is 6.83. The molecule has 98 valence electrons. The van der Waals surface area contributed by atoms with E-state index in [0.29, 0.717) is 16.1 Å². The van der Waals surface area contributed by atoms with Gasteiger partial charge in [0.25, 0.3) is 0 Å². The number of nitrogen functional groups attached to an aromatic ring is 1. The fraction of sp³-hybridized carbons (Fsp3) is 0.0833. The van der Waals surface area contributed by atoms with Crippen molar-refractivity contribution in [3.8, 4) is 6.07 Å². The van der Waals surface area contributed by atoms with Crippen LogP contribution in [0.4, 0.5) is 5.69 Å². The van der Waals surface area contributed by atoms with E-state index in [4.69, 9.17) is 11.0 Å². The Morgan fingerprint density at radius 1 is 1.26 bits per heavy atom. The third-order valence-corrected chi connectivity index (χ3v) is 5.35. The third kappa shape index (κ3) is 3.12. The van der Waals surface area contributed by atoms with Gasteiger partial charge in [0.1, 0.15) is 15.2 Å². The molecule has 0 aliphatic rings. The molecule has 0 atom stereocenters. The molecule has 1 aromatic carbocycles. The smallest absolute Gasteiger partial charge is 0.250 e. The Hall–Kier alpha value is -1.88. The number of nitrogens with two attached hydrogens (primary N) is 1. The van der Waals surface area contributed by atoms with Crippen molar-refractivity contribution in [2.75, 3.05) is 5.73 Å². The Morgan fingerprint density at radius 2 is 2.00 bits per heavy atom. The minimum atomic E-state index is -3.60. The molecule has 2 aromatic rings. The molecule has 0 bridgehead atoms. The SMILES string of the molecule is N#Cc1ccc(S(=O)(=O)NCc2ccccc2N)s1. The van der Waals surface area contributed by atoms with Crippen LogP contribution < -0.4 is 10.5 Å². The first-order valence-corrected chi connectivity index (χ1v) is 7.66. The van der Waals surface area contributed by atoms with E-state index in [0.717, 1.165) is 11.3 Å². The Kier molecular flexibility index (Phi) is 3.85. The van der Waals surface area contributed by atoms with Gasteiger partial charge in [-0.3, -0.25) is 0 Å². The molecule has 0 amide bonds. The number of hydrogen-bond acceptors (Lipinski definition) is 5. The Labute approximate surface area is 115 Å². The number of nitriles is 1. The van der Waals surface area contributed by atoms with E-state index < -0.39 is 10.0 Å². The highest BCUT2D eigenvalue weighted by Gasteiger charge is 2.16. The minimum Gasteiger partial charge on any atom is -0.398 e. The average Bonchev–Trinajstić information content (AvgIpc) is 2.87. The number of thiophene rings is 1. The van der Waals surface area contributed by atoms with Gasteiger partial charge in [-0.05, 0) is 23.8 Å². The molecule has 2 rings (SSSR count). The van der Waals surface area contributed by atoms with Crippen molar-refractivity contribution in [3.63, 3.8) is 0 Å². The first-order valence-electron chi connectivity index (χ1n) is 5.36. The second-order valence-electron chi connectivity index (χ2n) is 3.75. The molecule has 1 aromatic heterocycles. The van der Waals surface area contributed by atoms with Crippen molar-refractivity contribution in [1.82, 2.24) is 4.72 Å². The molecule has 0 fully saturated rings. The molecule has 0 aliphatic heterocycles. The Morgan fingerprint density at radius 3 is 2.63 bits per heavy atom. The summed E-state index contributed by atoms with van der Waals surface area (Å²) in [5, 5.41) is 8.69. The lowest BCUT2D eigenvalue weighted by Gasteiger charge is -2.07. The number of nitrogens with zero attached hydrogens (tertiary/aromatic N) is 1. The summed E-state index contributed by atoms with van der Waals surface area (Å²) >= 11 is 0.936. The second kappa shape index (κ2) is 5.40. The number of nitrogens with one attached hydrogen (secondary N) is 1. The average molecular weight is 293 g/mol. The van der Waals surface area contributed by atoms with E-state index in [-0.39, 0.29) is 10.8 Å². The van der Waals surface area contributed by atoms with Crippen molar-refractivity contribution in [2.24, 2.45) is 0 Å². The van der Waals surface area contributed by atoms with Crippen molar-refractivity contribution < 1.29 is 8.42 Å². The Balaban J connectivity index is 2.15. The van der Waals surface area contributed by atoms with Gasteiger partial charge in [-0.15, -0.1) is 11.3 Å². The number of sulfonamides is 1. The lowest BCUT2D eigenvalue weighted by molar-refractivity contribution is 0.583. The van der Waals surface area contributed by atoms with Crippen LogP contribution in [-0.4, -0.2) is 8.42 Å². The minimum absolute atomic E-state index is 0.120. The number of rotatable bonds is 4. The summed E-state index contributed by atoms with van der Waals surface area (Å²) in [5.41, 5.74) is 6.99. The summed E-state index contributed by atoms with van der Waals surface area (Å²) in [7, 11) is -3.60. The number of hydrogen-bond donors (Lipinski definition) is 2. The molecule has 0 unspecified atom stereocenters. The summed E-state index contributed by atoms with van der Waals surface area (Å²) in [4.78, 5) is 0.361. The largest absolute Gasteiger partial charge is 0.398 e. The van der Waals surface area contributed by atoms with E-state index in [1.807, 2.05) is 6.07 Å².